The molecule has 0 saturated heterocycles. The summed E-state index contributed by atoms with van der Waals surface area (Å²) in [4.78, 5) is 16.6. The number of tetrazole rings is 1. The Morgan fingerprint density at radius 3 is 3.00 bits per heavy atom. The number of benzene rings is 1. The number of aromatic nitrogens is 4. The van der Waals surface area contributed by atoms with Gasteiger partial charge >= 0.3 is 5.69 Å². The molecule has 2 aromatic rings. The van der Waals surface area contributed by atoms with E-state index >= 15 is 0 Å². The van der Waals surface area contributed by atoms with E-state index in [9.17, 15) is 9.18 Å². The van der Waals surface area contributed by atoms with Gasteiger partial charge in [-0.05, 0) is 35.9 Å². The van der Waals surface area contributed by atoms with E-state index in [-0.39, 0.29) is 17.9 Å². The van der Waals surface area contributed by atoms with Gasteiger partial charge in [-0.25, -0.2) is 14.3 Å². The molecule has 1 aromatic carbocycles. The van der Waals surface area contributed by atoms with Gasteiger partial charge in [-0.15, -0.1) is 0 Å². The maximum atomic E-state index is 13.9. The molecule has 0 saturated carbocycles. The summed E-state index contributed by atoms with van der Waals surface area (Å²) >= 11 is 0. The van der Waals surface area contributed by atoms with Crippen LogP contribution in [0.1, 0.15) is 25.8 Å². The van der Waals surface area contributed by atoms with Crippen molar-refractivity contribution in [2.75, 3.05) is 0 Å². The Hall–Kier alpha value is -2.51. The van der Waals surface area contributed by atoms with Gasteiger partial charge in [-0.2, -0.15) is 4.68 Å². The van der Waals surface area contributed by atoms with Crippen molar-refractivity contribution in [3.63, 3.8) is 0 Å². The normalized spacial score (nSPS) is 11.7. The Balaban J connectivity index is 2.33. The number of halogens is 1. The first-order chi connectivity index (χ1) is 9.63. The predicted molar refractivity (Wildman–Crippen MR) is 70.1 cm³/mol. The third-order valence-electron chi connectivity index (χ3n) is 2.74. The molecule has 7 nitrogen and oxygen atoms in total. The molecular formula is C12H14FN5O2. The molecule has 0 atom stereocenters. The maximum Gasteiger partial charge on any atom is 0.365 e. The first-order valence-corrected chi connectivity index (χ1v) is 6.07. The van der Waals surface area contributed by atoms with Crippen LogP contribution in [-0.2, 0) is 11.4 Å². The smallest absolute Gasteiger partial charge is 0.365 e. The first kappa shape index (κ1) is 13.9. The lowest BCUT2D eigenvalue weighted by molar-refractivity contribution is 0.127. The van der Waals surface area contributed by atoms with E-state index in [0.29, 0.717) is 0 Å². The zero-order valence-corrected chi connectivity index (χ0v) is 11.1. The van der Waals surface area contributed by atoms with Crippen LogP contribution < -0.4 is 5.69 Å². The Bertz CT molecular complexity index is 676. The van der Waals surface area contributed by atoms with Crippen LogP contribution in [0.15, 0.2) is 28.1 Å². The van der Waals surface area contributed by atoms with Crippen molar-refractivity contribution in [3.05, 3.63) is 40.1 Å². The minimum atomic E-state index is -0.551. The minimum Gasteiger partial charge on any atom is -0.391 e. The zero-order valence-electron chi connectivity index (χ0n) is 11.1. The number of hydrogen-bond donors (Lipinski definition) is 1. The van der Waals surface area contributed by atoms with Gasteiger partial charge in [0.1, 0.15) is 12.4 Å². The Kier molecular flexibility index (Phi) is 4.24. The number of nitrogens with zero attached hydrogens (tertiary/aromatic N) is 4. The molecule has 0 unspecified atom stereocenters. The van der Waals surface area contributed by atoms with Gasteiger partial charge in [0.15, 0.2) is 0 Å². The first-order valence-electron chi connectivity index (χ1n) is 6.07. The van der Waals surface area contributed by atoms with Gasteiger partial charge in [0, 0.05) is 0 Å². The van der Waals surface area contributed by atoms with Crippen LogP contribution in [0.4, 0.5) is 4.39 Å². The van der Waals surface area contributed by atoms with Crippen LogP contribution in [-0.4, -0.2) is 25.9 Å². The van der Waals surface area contributed by atoms with E-state index in [1.54, 1.807) is 6.07 Å². The second-order valence-corrected chi connectivity index (χ2v) is 4.11. The summed E-state index contributed by atoms with van der Waals surface area (Å²) in [6, 6.07) is 4.32. The van der Waals surface area contributed by atoms with Crippen LogP contribution >= 0.6 is 0 Å². The van der Waals surface area contributed by atoms with Crippen molar-refractivity contribution in [3.8, 4) is 5.69 Å². The van der Waals surface area contributed by atoms with Gasteiger partial charge in [0.05, 0.1) is 17.0 Å². The summed E-state index contributed by atoms with van der Waals surface area (Å²) < 4.78 is 14.8. The fourth-order valence-corrected chi connectivity index (χ4v) is 1.52. The number of aromatic amines is 1. The summed E-state index contributed by atoms with van der Waals surface area (Å²) in [5.41, 5.74) is 0.704. The molecule has 0 fully saturated rings. The highest BCUT2D eigenvalue weighted by Gasteiger charge is 2.13. The quantitative estimate of drug-likeness (QED) is 0.662. The van der Waals surface area contributed by atoms with Crippen molar-refractivity contribution >= 4 is 5.71 Å². The largest absolute Gasteiger partial charge is 0.391 e. The molecule has 1 aromatic heterocycles. The van der Waals surface area contributed by atoms with Gasteiger partial charge in [0.25, 0.3) is 0 Å². The highest BCUT2D eigenvalue weighted by molar-refractivity contribution is 5.80. The molecule has 106 valence electrons. The lowest BCUT2D eigenvalue weighted by atomic mass is 10.2. The van der Waals surface area contributed by atoms with E-state index in [1.165, 1.54) is 12.1 Å². The number of hydrogen-bond acceptors (Lipinski definition) is 5. The van der Waals surface area contributed by atoms with Gasteiger partial charge in [-0.3, -0.25) is 0 Å². The molecule has 0 amide bonds. The summed E-state index contributed by atoms with van der Waals surface area (Å²) in [5.74, 6) is -0.498. The Labute approximate surface area is 114 Å². The molecule has 8 heteroatoms. The summed E-state index contributed by atoms with van der Waals surface area (Å²) in [5, 5.41) is 13.0. The van der Waals surface area contributed by atoms with Crippen LogP contribution in [0.5, 0.6) is 0 Å². The van der Waals surface area contributed by atoms with Crippen molar-refractivity contribution in [1.82, 2.24) is 20.2 Å². The van der Waals surface area contributed by atoms with Crippen molar-refractivity contribution in [2.45, 2.75) is 26.9 Å². The molecule has 0 spiro atoms. The summed E-state index contributed by atoms with van der Waals surface area (Å²) in [7, 11) is 0. The molecule has 0 bridgehead atoms. The number of H-pyrrole nitrogens is 1. The average molecular weight is 279 g/mol. The molecule has 0 aliphatic carbocycles. The summed E-state index contributed by atoms with van der Waals surface area (Å²) in [6.07, 6.45) is 0.743. The molecule has 20 heavy (non-hydrogen) atoms. The Morgan fingerprint density at radius 1 is 1.55 bits per heavy atom. The van der Waals surface area contributed by atoms with Crippen LogP contribution in [0, 0.1) is 5.82 Å². The van der Waals surface area contributed by atoms with E-state index in [1.807, 2.05) is 13.8 Å². The lowest BCUT2D eigenvalue weighted by Gasteiger charge is -2.08. The van der Waals surface area contributed by atoms with Crippen LogP contribution in [0.2, 0.25) is 0 Å². The lowest BCUT2D eigenvalue weighted by Crippen LogP contribution is -2.18. The van der Waals surface area contributed by atoms with E-state index in [0.717, 1.165) is 16.8 Å². The molecule has 0 radical (unpaired) electrons. The third-order valence-corrected chi connectivity index (χ3v) is 2.74. The molecule has 0 aliphatic heterocycles. The minimum absolute atomic E-state index is 0.0986. The standard InChI is InChI=1S/C12H14FN5O2/c1-3-8(2)15-20-7-9-10(13)5-4-6-11(9)18-12(19)14-16-17-18/h4-6H,3,7H2,1-2H3,(H,14,17,19). The van der Waals surface area contributed by atoms with Gasteiger partial charge in [0.2, 0.25) is 0 Å². The third kappa shape index (κ3) is 2.90. The zero-order chi connectivity index (χ0) is 14.5. The van der Waals surface area contributed by atoms with E-state index in [2.05, 4.69) is 20.7 Å². The fourth-order valence-electron chi connectivity index (χ4n) is 1.52. The highest BCUT2D eigenvalue weighted by atomic mass is 19.1. The highest BCUT2D eigenvalue weighted by Crippen LogP contribution is 2.17. The SMILES string of the molecule is CCC(C)=NOCc1c(F)cccc1-n1nn[nH]c1=O. The summed E-state index contributed by atoms with van der Waals surface area (Å²) in [6.45, 7) is 3.65. The maximum absolute atomic E-state index is 13.9. The second-order valence-electron chi connectivity index (χ2n) is 4.11. The van der Waals surface area contributed by atoms with E-state index in [4.69, 9.17) is 4.84 Å². The number of nitrogens with one attached hydrogen (secondary N) is 1. The van der Waals surface area contributed by atoms with Crippen molar-refractivity contribution in [2.24, 2.45) is 5.16 Å². The fraction of sp³-hybridized carbons (Fsp3) is 0.333. The molecule has 0 aliphatic rings. The number of oxime groups is 1. The molecule has 1 N–H and O–H groups in total. The van der Waals surface area contributed by atoms with Crippen molar-refractivity contribution in [1.29, 1.82) is 0 Å². The Morgan fingerprint density at radius 2 is 2.35 bits per heavy atom. The monoisotopic (exact) mass is 279 g/mol. The molecular weight excluding hydrogens is 265 g/mol. The second kappa shape index (κ2) is 6.09. The van der Waals surface area contributed by atoms with Crippen molar-refractivity contribution < 1.29 is 9.23 Å². The molecule has 2 rings (SSSR count). The van der Waals surface area contributed by atoms with Gasteiger partial charge in [-0.1, -0.05) is 18.1 Å². The molecule has 1 heterocycles. The van der Waals surface area contributed by atoms with Crippen LogP contribution in [0.3, 0.4) is 0 Å². The number of rotatable bonds is 5. The van der Waals surface area contributed by atoms with E-state index < -0.39 is 11.5 Å². The van der Waals surface area contributed by atoms with Crippen LogP contribution in [0.25, 0.3) is 5.69 Å². The average Bonchev–Trinajstić information content (AvgIpc) is 2.86. The predicted octanol–water partition coefficient (Wildman–Crippen LogP) is 1.40. The topological polar surface area (TPSA) is 85.2 Å². The van der Waals surface area contributed by atoms with Gasteiger partial charge < -0.3 is 4.84 Å².